The molecule has 2 aliphatic rings. The van der Waals surface area contributed by atoms with E-state index in [4.69, 9.17) is 0 Å². The smallest absolute Gasteiger partial charge is 0.245 e. The average Bonchev–Trinajstić information content (AvgIpc) is 3.11. The fourth-order valence-corrected chi connectivity index (χ4v) is 2.93. The molecule has 0 aromatic carbocycles. The van der Waals surface area contributed by atoms with Crippen molar-refractivity contribution in [3.05, 3.63) is 0 Å². The molecule has 0 spiro atoms. The van der Waals surface area contributed by atoms with Crippen molar-refractivity contribution in [1.82, 2.24) is 10.2 Å². The minimum Gasteiger partial charge on any atom is -0.344 e. The van der Waals surface area contributed by atoms with E-state index in [1.807, 2.05) is 11.8 Å². The van der Waals surface area contributed by atoms with Crippen LogP contribution in [0.1, 0.15) is 52.4 Å². The molecular formula is C14H24N2O2. The maximum Gasteiger partial charge on any atom is 0.245 e. The molecule has 1 aliphatic carbocycles. The van der Waals surface area contributed by atoms with E-state index in [-0.39, 0.29) is 17.9 Å². The first kappa shape index (κ1) is 13.4. The van der Waals surface area contributed by atoms with Gasteiger partial charge in [-0.3, -0.25) is 9.59 Å². The first-order chi connectivity index (χ1) is 8.60. The van der Waals surface area contributed by atoms with Crippen LogP contribution in [0, 0.1) is 5.41 Å². The highest BCUT2D eigenvalue weighted by molar-refractivity contribution is 5.89. The van der Waals surface area contributed by atoms with Crippen LogP contribution in [0.2, 0.25) is 0 Å². The van der Waals surface area contributed by atoms with Gasteiger partial charge in [-0.15, -0.1) is 0 Å². The van der Waals surface area contributed by atoms with Crippen LogP contribution in [-0.4, -0.2) is 35.8 Å². The second kappa shape index (κ2) is 5.29. The number of hydrogen-bond donors (Lipinski definition) is 1. The monoisotopic (exact) mass is 252 g/mol. The Morgan fingerprint density at radius 3 is 2.61 bits per heavy atom. The Morgan fingerprint density at radius 2 is 2.06 bits per heavy atom. The molecular weight excluding hydrogens is 228 g/mol. The Balaban J connectivity index is 2.02. The molecule has 1 aliphatic heterocycles. The topological polar surface area (TPSA) is 49.4 Å². The van der Waals surface area contributed by atoms with E-state index in [9.17, 15) is 9.59 Å². The molecule has 0 radical (unpaired) electrons. The molecule has 18 heavy (non-hydrogen) atoms. The van der Waals surface area contributed by atoms with Gasteiger partial charge in [-0.2, -0.15) is 0 Å². The Labute approximate surface area is 109 Å². The summed E-state index contributed by atoms with van der Waals surface area (Å²) in [6.07, 6.45) is 5.99. The summed E-state index contributed by atoms with van der Waals surface area (Å²) in [5, 5.41) is 2.82. The van der Waals surface area contributed by atoms with Gasteiger partial charge in [-0.1, -0.05) is 20.3 Å². The van der Waals surface area contributed by atoms with E-state index in [1.54, 1.807) is 0 Å². The zero-order chi connectivity index (χ0) is 13.2. The maximum absolute atomic E-state index is 12.3. The van der Waals surface area contributed by atoms with Crippen LogP contribution in [0.3, 0.4) is 0 Å². The number of amides is 2. The van der Waals surface area contributed by atoms with Gasteiger partial charge in [-0.05, 0) is 31.1 Å². The fraction of sp³-hybridized carbons (Fsp3) is 0.857. The molecule has 1 saturated heterocycles. The van der Waals surface area contributed by atoms with Crippen molar-refractivity contribution in [2.24, 2.45) is 5.41 Å². The van der Waals surface area contributed by atoms with Gasteiger partial charge in [0.2, 0.25) is 11.8 Å². The van der Waals surface area contributed by atoms with Gasteiger partial charge in [0.15, 0.2) is 0 Å². The van der Waals surface area contributed by atoms with Crippen molar-refractivity contribution in [3.63, 3.8) is 0 Å². The van der Waals surface area contributed by atoms with Crippen LogP contribution < -0.4 is 5.32 Å². The van der Waals surface area contributed by atoms with Crippen LogP contribution in [0.15, 0.2) is 0 Å². The zero-order valence-electron chi connectivity index (χ0n) is 11.5. The van der Waals surface area contributed by atoms with Crippen molar-refractivity contribution >= 4 is 11.8 Å². The second-order valence-electron chi connectivity index (χ2n) is 5.79. The summed E-state index contributed by atoms with van der Waals surface area (Å²) in [5.74, 6) is 0.128. The molecule has 1 saturated carbocycles. The first-order valence-corrected chi connectivity index (χ1v) is 7.18. The number of carbonyl (C=O) groups excluding carboxylic acids is 2. The number of nitrogens with one attached hydrogen (secondary N) is 1. The summed E-state index contributed by atoms with van der Waals surface area (Å²) in [6, 6.07) is -0.308. The normalized spacial score (nSPS) is 26.8. The molecule has 4 nitrogen and oxygen atoms in total. The Hall–Kier alpha value is -1.06. The van der Waals surface area contributed by atoms with E-state index < -0.39 is 0 Å². The highest BCUT2D eigenvalue weighted by atomic mass is 16.2. The Morgan fingerprint density at radius 1 is 1.33 bits per heavy atom. The predicted octanol–water partition coefficient (Wildman–Crippen LogP) is 1.69. The molecule has 4 heteroatoms. The zero-order valence-corrected chi connectivity index (χ0v) is 11.5. The number of hydrogen-bond acceptors (Lipinski definition) is 2. The predicted molar refractivity (Wildman–Crippen MR) is 70.0 cm³/mol. The molecule has 2 rings (SSSR count). The number of carbonyl (C=O) groups is 2. The van der Waals surface area contributed by atoms with E-state index in [0.29, 0.717) is 24.8 Å². The van der Waals surface area contributed by atoms with Crippen LogP contribution in [0.5, 0.6) is 0 Å². The van der Waals surface area contributed by atoms with E-state index >= 15 is 0 Å². The van der Waals surface area contributed by atoms with Gasteiger partial charge in [0, 0.05) is 19.5 Å². The number of rotatable bonds is 5. The summed E-state index contributed by atoms with van der Waals surface area (Å²) in [4.78, 5) is 25.8. The molecule has 1 unspecified atom stereocenters. The second-order valence-corrected chi connectivity index (χ2v) is 5.79. The van der Waals surface area contributed by atoms with Crippen LogP contribution >= 0.6 is 0 Å². The summed E-state index contributed by atoms with van der Waals surface area (Å²) in [6.45, 7) is 5.59. The van der Waals surface area contributed by atoms with Gasteiger partial charge in [0.1, 0.15) is 6.04 Å². The lowest BCUT2D eigenvalue weighted by molar-refractivity contribution is -0.134. The van der Waals surface area contributed by atoms with Gasteiger partial charge >= 0.3 is 0 Å². The molecule has 0 aromatic rings. The molecule has 1 atom stereocenters. The average molecular weight is 252 g/mol. The lowest BCUT2D eigenvalue weighted by Crippen LogP contribution is -2.45. The quantitative estimate of drug-likeness (QED) is 0.809. The summed E-state index contributed by atoms with van der Waals surface area (Å²) < 4.78 is 0. The van der Waals surface area contributed by atoms with Crippen molar-refractivity contribution < 1.29 is 9.59 Å². The SMILES string of the molecule is CCCC1(CN2CCC(=O)NC(CC)C2=O)CC1. The van der Waals surface area contributed by atoms with E-state index in [1.165, 1.54) is 25.7 Å². The maximum atomic E-state index is 12.3. The van der Waals surface area contributed by atoms with Crippen LogP contribution in [-0.2, 0) is 9.59 Å². The van der Waals surface area contributed by atoms with Gasteiger partial charge in [0.25, 0.3) is 0 Å². The van der Waals surface area contributed by atoms with Gasteiger partial charge in [-0.25, -0.2) is 0 Å². The minimum atomic E-state index is -0.308. The van der Waals surface area contributed by atoms with Crippen LogP contribution in [0.25, 0.3) is 0 Å². The van der Waals surface area contributed by atoms with E-state index in [0.717, 1.165) is 6.54 Å². The Kier molecular flexibility index (Phi) is 3.93. The minimum absolute atomic E-state index is 0.0121. The summed E-state index contributed by atoms with van der Waals surface area (Å²) in [5.41, 5.74) is 0.371. The lowest BCUT2D eigenvalue weighted by Gasteiger charge is -2.28. The van der Waals surface area contributed by atoms with Crippen molar-refractivity contribution in [1.29, 1.82) is 0 Å². The third-order valence-electron chi connectivity index (χ3n) is 4.23. The third-order valence-corrected chi connectivity index (χ3v) is 4.23. The molecule has 1 heterocycles. The van der Waals surface area contributed by atoms with Crippen molar-refractivity contribution in [2.75, 3.05) is 13.1 Å². The van der Waals surface area contributed by atoms with E-state index in [2.05, 4.69) is 12.2 Å². The van der Waals surface area contributed by atoms with Gasteiger partial charge in [0.05, 0.1) is 0 Å². The lowest BCUT2D eigenvalue weighted by atomic mass is 9.99. The molecule has 0 bridgehead atoms. The molecule has 102 valence electrons. The summed E-state index contributed by atoms with van der Waals surface area (Å²) >= 11 is 0. The molecule has 2 amide bonds. The van der Waals surface area contributed by atoms with Crippen molar-refractivity contribution in [3.8, 4) is 0 Å². The Bertz CT molecular complexity index is 337. The third kappa shape index (κ3) is 2.85. The fourth-order valence-electron chi connectivity index (χ4n) is 2.93. The highest BCUT2D eigenvalue weighted by Gasteiger charge is 2.44. The molecule has 2 fully saturated rings. The molecule has 0 aromatic heterocycles. The summed E-state index contributed by atoms with van der Waals surface area (Å²) in [7, 11) is 0. The largest absolute Gasteiger partial charge is 0.344 e. The van der Waals surface area contributed by atoms with Crippen molar-refractivity contribution in [2.45, 2.75) is 58.4 Å². The standard InChI is InChI=1S/C14H24N2O2/c1-3-6-14(7-8-14)10-16-9-5-12(17)15-11(4-2)13(16)18/h11H,3-10H2,1-2H3,(H,15,17). The van der Waals surface area contributed by atoms with Crippen LogP contribution in [0.4, 0.5) is 0 Å². The van der Waals surface area contributed by atoms with Gasteiger partial charge < -0.3 is 10.2 Å². The first-order valence-electron chi connectivity index (χ1n) is 7.18. The number of nitrogens with zero attached hydrogens (tertiary/aromatic N) is 1. The molecule has 1 N–H and O–H groups in total. The highest BCUT2D eigenvalue weighted by Crippen LogP contribution is 2.50.